The van der Waals surface area contributed by atoms with Crippen molar-refractivity contribution in [2.75, 3.05) is 23.4 Å². The van der Waals surface area contributed by atoms with Crippen LogP contribution in [0.1, 0.15) is 12.0 Å². The lowest BCUT2D eigenvalue weighted by atomic mass is 10.0. The minimum atomic E-state index is -3.54. The van der Waals surface area contributed by atoms with Gasteiger partial charge in [-0.2, -0.15) is 0 Å². The monoisotopic (exact) mass is 511 g/mol. The summed E-state index contributed by atoms with van der Waals surface area (Å²) in [6, 6.07) is 15.8. The van der Waals surface area contributed by atoms with Crippen LogP contribution in [0.15, 0.2) is 71.6 Å². The van der Waals surface area contributed by atoms with Gasteiger partial charge in [0.2, 0.25) is 5.91 Å². The van der Waals surface area contributed by atoms with Crippen LogP contribution in [0.4, 0.5) is 20.6 Å². The zero-order valence-corrected chi connectivity index (χ0v) is 20.5. The Morgan fingerprint density at radius 2 is 1.72 bits per heavy atom. The zero-order chi connectivity index (χ0) is 26.0. The standard InChI is InChI=1S/C26H26FN3O5S/c1-16-7-10-18(11-8-16)28-26(33)30-15-19(31)14-23(30)25(32)29-22-12-9-17(13-21(22)27)20-5-3-4-6-24(20)36(2,34)35/h3-13,19,23,31H,14-15H2,1-2H3,(H,28,33)(H,29,32). The van der Waals surface area contributed by atoms with Gasteiger partial charge >= 0.3 is 6.03 Å². The van der Waals surface area contributed by atoms with Crippen molar-refractivity contribution in [2.24, 2.45) is 0 Å². The van der Waals surface area contributed by atoms with E-state index in [0.29, 0.717) is 16.8 Å². The highest BCUT2D eigenvalue weighted by Gasteiger charge is 2.39. The fraction of sp³-hybridized carbons (Fsp3) is 0.231. The fourth-order valence-corrected chi connectivity index (χ4v) is 5.06. The molecule has 3 amide bonds. The van der Waals surface area contributed by atoms with Crippen molar-refractivity contribution in [3.8, 4) is 11.1 Å². The van der Waals surface area contributed by atoms with Crippen molar-refractivity contribution in [1.82, 2.24) is 4.90 Å². The Labute approximate surface area is 208 Å². The van der Waals surface area contributed by atoms with Crippen LogP contribution in [0.2, 0.25) is 0 Å². The van der Waals surface area contributed by atoms with Crippen LogP contribution in [0.5, 0.6) is 0 Å². The van der Waals surface area contributed by atoms with Crippen LogP contribution in [-0.2, 0) is 14.6 Å². The number of benzene rings is 3. The second-order valence-electron chi connectivity index (χ2n) is 8.81. The second kappa shape index (κ2) is 10.1. The average molecular weight is 512 g/mol. The maximum Gasteiger partial charge on any atom is 0.322 e. The summed E-state index contributed by atoms with van der Waals surface area (Å²) in [5, 5.41) is 15.3. The summed E-state index contributed by atoms with van der Waals surface area (Å²) in [6.07, 6.45) is 0.187. The first-order chi connectivity index (χ1) is 17.0. The van der Waals surface area contributed by atoms with Crippen LogP contribution in [0.3, 0.4) is 0 Å². The number of carbonyl (C=O) groups is 2. The molecule has 0 aromatic heterocycles. The number of carbonyl (C=O) groups excluding carboxylic acids is 2. The van der Waals surface area contributed by atoms with Gasteiger partial charge in [0.25, 0.3) is 0 Å². The van der Waals surface area contributed by atoms with E-state index in [1.807, 2.05) is 19.1 Å². The highest BCUT2D eigenvalue weighted by Crippen LogP contribution is 2.30. The number of aliphatic hydroxyl groups is 1. The summed E-state index contributed by atoms with van der Waals surface area (Å²) in [6.45, 7) is 1.87. The molecule has 10 heteroatoms. The number of halogens is 1. The molecule has 1 fully saturated rings. The van der Waals surface area contributed by atoms with Gasteiger partial charge in [0, 0.05) is 30.5 Å². The Balaban J connectivity index is 1.51. The van der Waals surface area contributed by atoms with Crippen molar-refractivity contribution in [2.45, 2.75) is 30.4 Å². The minimum absolute atomic E-state index is 0.00852. The van der Waals surface area contributed by atoms with E-state index in [9.17, 15) is 27.5 Å². The minimum Gasteiger partial charge on any atom is -0.391 e. The van der Waals surface area contributed by atoms with Gasteiger partial charge in [0.05, 0.1) is 16.7 Å². The molecule has 1 aliphatic heterocycles. The number of anilines is 2. The number of amides is 3. The normalized spacial score (nSPS) is 17.6. The third-order valence-electron chi connectivity index (χ3n) is 5.97. The highest BCUT2D eigenvalue weighted by molar-refractivity contribution is 7.90. The number of sulfone groups is 1. The number of hydrogen-bond acceptors (Lipinski definition) is 5. The molecule has 2 unspecified atom stereocenters. The molecule has 4 rings (SSSR count). The Morgan fingerprint density at radius 3 is 2.39 bits per heavy atom. The topological polar surface area (TPSA) is 116 Å². The number of nitrogens with one attached hydrogen (secondary N) is 2. The molecule has 36 heavy (non-hydrogen) atoms. The molecule has 0 aliphatic carbocycles. The first kappa shape index (κ1) is 25.3. The summed E-state index contributed by atoms with van der Waals surface area (Å²) in [5.74, 6) is -1.41. The number of aryl methyl sites for hydroxylation is 1. The third kappa shape index (κ3) is 5.55. The number of aliphatic hydroxyl groups excluding tert-OH is 1. The predicted molar refractivity (Wildman–Crippen MR) is 135 cm³/mol. The summed E-state index contributed by atoms with van der Waals surface area (Å²) in [7, 11) is -3.54. The maximum atomic E-state index is 15.0. The van der Waals surface area contributed by atoms with Crippen molar-refractivity contribution in [1.29, 1.82) is 0 Å². The average Bonchev–Trinajstić information content (AvgIpc) is 3.23. The molecule has 2 atom stereocenters. The molecule has 8 nitrogen and oxygen atoms in total. The molecule has 0 spiro atoms. The van der Waals surface area contributed by atoms with E-state index in [0.717, 1.165) is 17.9 Å². The van der Waals surface area contributed by atoms with E-state index in [-0.39, 0.29) is 23.5 Å². The smallest absolute Gasteiger partial charge is 0.322 e. The predicted octanol–water partition coefficient (Wildman–Crippen LogP) is 3.81. The molecule has 0 bridgehead atoms. The SMILES string of the molecule is Cc1ccc(NC(=O)N2CC(O)CC2C(=O)Nc2ccc(-c3ccccc3S(C)(=O)=O)cc2F)cc1. The first-order valence-corrected chi connectivity index (χ1v) is 13.1. The molecule has 3 aromatic carbocycles. The Morgan fingerprint density at radius 1 is 1.03 bits per heavy atom. The number of rotatable bonds is 5. The molecule has 188 valence electrons. The van der Waals surface area contributed by atoms with Crippen molar-refractivity contribution in [3.63, 3.8) is 0 Å². The quantitative estimate of drug-likeness (QED) is 0.482. The fourth-order valence-electron chi connectivity index (χ4n) is 4.15. The van der Waals surface area contributed by atoms with E-state index < -0.39 is 39.7 Å². The molecular weight excluding hydrogens is 485 g/mol. The van der Waals surface area contributed by atoms with Gasteiger partial charge in [-0.3, -0.25) is 4.79 Å². The molecule has 0 saturated carbocycles. The number of nitrogens with zero attached hydrogens (tertiary/aromatic N) is 1. The number of hydrogen-bond donors (Lipinski definition) is 3. The van der Waals surface area contributed by atoms with Gasteiger partial charge in [0.15, 0.2) is 9.84 Å². The summed E-state index contributed by atoms with van der Waals surface area (Å²) in [4.78, 5) is 27.1. The lowest BCUT2D eigenvalue weighted by Crippen LogP contribution is -2.45. The van der Waals surface area contributed by atoms with Crippen molar-refractivity contribution < 1.29 is 27.5 Å². The van der Waals surface area contributed by atoms with Gasteiger partial charge in [-0.25, -0.2) is 17.6 Å². The largest absolute Gasteiger partial charge is 0.391 e. The zero-order valence-electron chi connectivity index (χ0n) is 19.7. The third-order valence-corrected chi connectivity index (χ3v) is 7.12. The molecule has 3 N–H and O–H groups in total. The molecule has 1 aliphatic rings. The van der Waals surface area contributed by atoms with Gasteiger partial charge in [-0.15, -0.1) is 0 Å². The number of β-amino-alcohol motifs (C(OH)–C–C–N with tert-alkyl or cyclic N) is 1. The molecule has 1 heterocycles. The van der Waals surface area contributed by atoms with E-state index in [1.165, 1.54) is 23.1 Å². The summed E-state index contributed by atoms with van der Waals surface area (Å²) in [5.41, 5.74) is 2.12. The number of likely N-dealkylation sites (tertiary alicyclic amines) is 1. The van der Waals surface area contributed by atoms with Crippen molar-refractivity contribution in [3.05, 3.63) is 78.1 Å². The van der Waals surface area contributed by atoms with Gasteiger partial charge in [-0.05, 0) is 42.8 Å². The van der Waals surface area contributed by atoms with Crippen LogP contribution in [-0.4, -0.2) is 55.3 Å². The Bertz CT molecular complexity index is 1410. The van der Waals surface area contributed by atoms with Crippen LogP contribution < -0.4 is 10.6 Å². The highest BCUT2D eigenvalue weighted by atomic mass is 32.2. The molecule has 3 aromatic rings. The molecular formula is C26H26FN3O5S. The number of urea groups is 1. The van der Waals surface area contributed by atoms with E-state index in [2.05, 4.69) is 10.6 Å². The van der Waals surface area contributed by atoms with Gasteiger partial charge in [-0.1, -0.05) is 42.0 Å². The Hall–Kier alpha value is -3.76. The molecule has 1 saturated heterocycles. The molecule has 0 radical (unpaired) electrons. The van der Waals surface area contributed by atoms with Gasteiger partial charge in [0.1, 0.15) is 11.9 Å². The van der Waals surface area contributed by atoms with Gasteiger partial charge < -0.3 is 20.6 Å². The van der Waals surface area contributed by atoms with Crippen LogP contribution in [0.25, 0.3) is 11.1 Å². The van der Waals surface area contributed by atoms with Crippen molar-refractivity contribution >= 4 is 33.2 Å². The van der Waals surface area contributed by atoms with E-state index in [1.54, 1.807) is 30.3 Å². The summed E-state index contributed by atoms with van der Waals surface area (Å²) >= 11 is 0. The van der Waals surface area contributed by atoms with E-state index in [4.69, 9.17) is 0 Å². The van der Waals surface area contributed by atoms with Crippen LogP contribution >= 0.6 is 0 Å². The summed E-state index contributed by atoms with van der Waals surface area (Å²) < 4.78 is 39.2. The second-order valence-corrected chi connectivity index (χ2v) is 10.8. The maximum absolute atomic E-state index is 15.0. The van der Waals surface area contributed by atoms with E-state index >= 15 is 0 Å². The Kier molecular flexibility index (Phi) is 7.09. The lowest BCUT2D eigenvalue weighted by Gasteiger charge is -2.24. The van der Waals surface area contributed by atoms with Crippen LogP contribution in [0, 0.1) is 12.7 Å². The first-order valence-electron chi connectivity index (χ1n) is 11.2. The lowest BCUT2D eigenvalue weighted by molar-refractivity contribution is -0.119.